The number of benzene rings is 2. The van der Waals surface area contributed by atoms with Crippen LogP contribution in [-0.4, -0.2) is 13.0 Å². The zero-order chi connectivity index (χ0) is 13.1. The van der Waals surface area contributed by atoms with Crippen LogP contribution in [-0.2, 0) is 0 Å². The van der Waals surface area contributed by atoms with Gasteiger partial charge in [-0.15, -0.1) is 0 Å². The predicted octanol–water partition coefficient (Wildman–Crippen LogP) is 3.68. The van der Waals surface area contributed by atoms with Gasteiger partial charge in [-0.05, 0) is 47.9 Å². The molecule has 0 heterocycles. The number of carbonyl (C=O) groups is 1. The first-order valence-electron chi connectivity index (χ1n) is 5.70. The summed E-state index contributed by atoms with van der Waals surface area (Å²) in [5.41, 5.74) is 3.83. The lowest BCUT2D eigenvalue weighted by Gasteiger charge is -2.08. The average molecular weight is 260 g/mol. The number of aryl methyl sites for hydroxylation is 1. The van der Waals surface area contributed by atoms with Crippen LogP contribution >= 0.6 is 11.6 Å². The lowest BCUT2D eigenvalue weighted by molar-refractivity contribution is 0.0963. The zero-order valence-corrected chi connectivity index (χ0v) is 11.1. The molecular weight excluding hydrogens is 246 g/mol. The van der Waals surface area contributed by atoms with Gasteiger partial charge in [-0.3, -0.25) is 4.79 Å². The largest absolute Gasteiger partial charge is 0.355 e. The molecule has 2 aromatic rings. The van der Waals surface area contributed by atoms with Crippen molar-refractivity contribution in [2.75, 3.05) is 7.05 Å². The van der Waals surface area contributed by atoms with Crippen molar-refractivity contribution in [3.8, 4) is 11.1 Å². The highest BCUT2D eigenvalue weighted by atomic mass is 35.5. The Morgan fingerprint density at radius 3 is 2.67 bits per heavy atom. The highest BCUT2D eigenvalue weighted by Crippen LogP contribution is 2.27. The van der Waals surface area contributed by atoms with Crippen molar-refractivity contribution in [1.29, 1.82) is 0 Å². The second kappa shape index (κ2) is 5.23. The fourth-order valence-electron chi connectivity index (χ4n) is 1.88. The van der Waals surface area contributed by atoms with E-state index in [1.54, 1.807) is 13.1 Å². The van der Waals surface area contributed by atoms with Crippen molar-refractivity contribution < 1.29 is 4.79 Å². The molecule has 0 atom stereocenters. The standard InChI is InChI=1S/C15H14ClNO/c1-10-6-7-13(16)9-14(10)11-4-3-5-12(8-11)15(18)17-2/h3-9H,1-2H3,(H,17,18). The van der Waals surface area contributed by atoms with E-state index in [9.17, 15) is 4.79 Å². The molecule has 0 aliphatic carbocycles. The van der Waals surface area contributed by atoms with E-state index >= 15 is 0 Å². The third-order valence-corrected chi connectivity index (χ3v) is 3.10. The number of rotatable bonds is 2. The van der Waals surface area contributed by atoms with Crippen LogP contribution in [0.25, 0.3) is 11.1 Å². The molecule has 0 spiro atoms. The molecule has 1 N–H and O–H groups in total. The van der Waals surface area contributed by atoms with Gasteiger partial charge in [0, 0.05) is 17.6 Å². The zero-order valence-electron chi connectivity index (χ0n) is 10.3. The Morgan fingerprint density at radius 1 is 1.17 bits per heavy atom. The Labute approximate surface area is 112 Å². The summed E-state index contributed by atoms with van der Waals surface area (Å²) in [5.74, 6) is -0.0865. The summed E-state index contributed by atoms with van der Waals surface area (Å²) in [7, 11) is 1.62. The van der Waals surface area contributed by atoms with Crippen molar-refractivity contribution in [2.45, 2.75) is 6.92 Å². The third-order valence-electron chi connectivity index (χ3n) is 2.86. The van der Waals surface area contributed by atoms with Gasteiger partial charge in [-0.25, -0.2) is 0 Å². The fraction of sp³-hybridized carbons (Fsp3) is 0.133. The Balaban J connectivity index is 2.51. The van der Waals surface area contributed by atoms with Crippen molar-refractivity contribution in [3.05, 3.63) is 58.6 Å². The minimum atomic E-state index is -0.0865. The van der Waals surface area contributed by atoms with Crippen LogP contribution in [0.4, 0.5) is 0 Å². The molecule has 0 saturated heterocycles. The number of hydrogen-bond acceptors (Lipinski definition) is 1. The maximum absolute atomic E-state index is 11.6. The van der Waals surface area contributed by atoms with E-state index in [1.165, 1.54) is 0 Å². The van der Waals surface area contributed by atoms with E-state index in [4.69, 9.17) is 11.6 Å². The highest BCUT2D eigenvalue weighted by Gasteiger charge is 2.07. The average Bonchev–Trinajstić information content (AvgIpc) is 2.40. The Morgan fingerprint density at radius 2 is 1.94 bits per heavy atom. The summed E-state index contributed by atoms with van der Waals surface area (Å²) in [6, 6.07) is 13.3. The van der Waals surface area contributed by atoms with Gasteiger partial charge in [0.05, 0.1) is 0 Å². The normalized spacial score (nSPS) is 10.2. The molecule has 0 aromatic heterocycles. The number of halogens is 1. The number of hydrogen-bond donors (Lipinski definition) is 1. The van der Waals surface area contributed by atoms with Crippen LogP contribution in [0.15, 0.2) is 42.5 Å². The summed E-state index contributed by atoms with van der Waals surface area (Å²) < 4.78 is 0. The van der Waals surface area contributed by atoms with Gasteiger partial charge in [-0.1, -0.05) is 29.8 Å². The van der Waals surface area contributed by atoms with E-state index in [2.05, 4.69) is 5.32 Å². The second-order valence-corrected chi connectivity index (χ2v) is 4.56. The SMILES string of the molecule is CNC(=O)c1cccc(-c2cc(Cl)ccc2C)c1. The summed E-state index contributed by atoms with van der Waals surface area (Å²) >= 11 is 6.02. The minimum absolute atomic E-state index is 0.0865. The number of carbonyl (C=O) groups excluding carboxylic acids is 1. The van der Waals surface area contributed by atoms with Gasteiger partial charge < -0.3 is 5.32 Å². The summed E-state index contributed by atoms with van der Waals surface area (Å²) in [6.07, 6.45) is 0. The molecule has 0 aliphatic heterocycles. The first kappa shape index (κ1) is 12.7. The maximum Gasteiger partial charge on any atom is 0.251 e. The molecule has 2 rings (SSSR count). The molecule has 1 amide bonds. The van der Waals surface area contributed by atoms with Gasteiger partial charge in [0.1, 0.15) is 0 Å². The van der Waals surface area contributed by atoms with Crippen LogP contribution in [0.3, 0.4) is 0 Å². The van der Waals surface area contributed by atoms with Gasteiger partial charge in [-0.2, -0.15) is 0 Å². The topological polar surface area (TPSA) is 29.1 Å². The van der Waals surface area contributed by atoms with E-state index in [0.29, 0.717) is 10.6 Å². The van der Waals surface area contributed by atoms with Crippen LogP contribution in [0.1, 0.15) is 15.9 Å². The molecule has 18 heavy (non-hydrogen) atoms. The molecule has 0 fully saturated rings. The summed E-state index contributed by atoms with van der Waals surface area (Å²) in [6.45, 7) is 2.03. The van der Waals surface area contributed by atoms with Gasteiger partial charge in [0.25, 0.3) is 5.91 Å². The molecule has 92 valence electrons. The lowest BCUT2D eigenvalue weighted by Crippen LogP contribution is -2.17. The first-order chi connectivity index (χ1) is 8.61. The quantitative estimate of drug-likeness (QED) is 0.876. The third kappa shape index (κ3) is 2.54. The molecular formula is C15H14ClNO. The maximum atomic E-state index is 11.6. The molecule has 2 aromatic carbocycles. The van der Waals surface area contributed by atoms with Crippen molar-refractivity contribution >= 4 is 17.5 Å². The number of amides is 1. The van der Waals surface area contributed by atoms with Crippen molar-refractivity contribution in [2.24, 2.45) is 0 Å². The molecule has 0 unspecified atom stereocenters. The fourth-order valence-corrected chi connectivity index (χ4v) is 2.05. The molecule has 0 bridgehead atoms. The van der Waals surface area contributed by atoms with Gasteiger partial charge in [0.2, 0.25) is 0 Å². The first-order valence-corrected chi connectivity index (χ1v) is 6.08. The molecule has 0 saturated carbocycles. The van der Waals surface area contributed by atoms with Gasteiger partial charge in [0.15, 0.2) is 0 Å². The lowest BCUT2D eigenvalue weighted by atomic mass is 9.99. The molecule has 2 nitrogen and oxygen atoms in total. The smallest absolute Gasteiger partial charge is 0.251 e. The predicted molar refractivity (Wildman–Crippen MR) is 75.0 cm³/mol. The Hall–Kier alpha value is -1.80. The summed E-state index contributed by atoms with van der Waals surface area (Å²) in [5, 5.41) is 3.32. The Bertz CT molecular complexity index is 593. The van der Waals surface area contributed by atoms with Crippen molar-refractivity contribution in [3.63, 3.8) is 0 Å². The molecule has 3 heteroatoms. The van der Waals surface area contributed by atoms with E-state index in [0.717, 1.165) is 16.7 Å². The van der Waals surface area contributed by atoms with E-state index < -0.39 is 0 Å². The van der Waals surface area contributed by atoms with Crippen LogP contribution in [0.2, 0.25) is 5.02 Å². The van der Waals surface area contributed by atoms with E-state index in [1.807, 2.05) is 43.3 Å². The molecule has 0 radical (unpaired) electrons. The second-order valence-electron chi connectivity index (χ2n) is 4.12. The van der Waals surface area contributed by atoms with Crippen LogP contribution in [0.5, 0.6) is 0 Å². The minimum Gasteiger partial charge on any atom is -0.355 e. The monoisotopic (exact) mass is 259 g/mol. The highest BCUT2D eigenvalue weighted by molar-refractivity contribution is 6.30. The van der Waals surface area contributed by atoms with Gasteiger partial charge >= 0.3 is 0 Å². The van der Waals surface area contributed by atoms with Crippen LogP contribution < -0.4 is 5.32 Å². The Kier molecular flexibility index (Phi) is 3.68. The number of nitrogens with one attached hydrogen (secondary N) is 1. The molecule has 0 aliphatic rings. The van der Waals surface area contributed by atoms with E-state index in [-0.39, 0.29) is 5.91 Å². The summed E-state index contributed by atoms with van der Waals surface area (Å²) in [4.78, 5) is 11.6. The van der Waals surface area contributed by atoms with Crippen LogP contribution in [0, 0.1) is 6.92 Å². The van der Waals surface area contributed by atoms with Crippen molar-refractivity contribution in [1.82, 2.24) is 5.32 Å².